The predicted octanol–water partition coefficient (Wildman–Crippen LogP) is 3.23. The van der Waals surface area contributed by atoms with Gasteiger partial charge in [0.05, 0.1) is 6.54 Å². The van der Waals surface area contributed by atoms with Crippen molar-refractivity contribution in [2.45, 2.75) is 26.9 Å². The molecule has 6 heteroatoms. The van der Waals surface area contributed by atoms with Crippen LogP contribution >= 0.6 is 24.0 Å². The van der Waals surface area contributed by atoms with Crippen LogP contribution in [-0.4, -0.2) is 25.5 Å². The molecule has 26 heavy (non-hydrogen) atoms. The molecular formula is C20H27IN4O. The van der Waals surface area contributed by atoms with Gasteiger partial charge in [0, 0.05) is 25.7 Å². The zero-order chi connectivity index (χ0) is 18.1. The fraction of sp³-hybridized carbons (Fsp3) is 0.300. The number of aliphatic imine (C=N–C) groups is 1. The summed E-state index contributed by atoms with van der Waals surface area (Å²) in [6, 6.07) is 15.9. The highest BCUT2D eigenvalue weighted by molar-refractivity contribution is 14.0. The summed E-state index contributed by atoms with van der Waals surface area (Å²) in [7, 11) is 1.63. The number of nitrogens with one attached hydrogen (secondary N) is 3. The Morgan fingerprint density at radius 1 is 1.04 bits per heavy atom. The number of rotatable bonds is 6. The Labute approximate surface area is 172 Å². The van der Waals surface area contributed by atoms with Gasteiger partial charge in [0.1, 0.15) is 0 Å². The van der Waals surface area contributed by atoms with E-state index < -0.39 is 0 Å². The molecule has 2 aromatic rings. The maximum atomic E-state index is 11.6. The summed E-state index contributed by atoms with van der Waals surface area (Å²) in [5.41, 5.74) is 4.18. The van der Waals surface area contributed by atoms with Crippen LogP contribution in [0.15, 0.2) is 53.5 Å². The zero-order valence-electron chi connectivity index (χ0n) is 15.5. The summed E-state index contributed by atoms with van der Waals surface area (Å²) in [6.07, 6.45) is 0. The highest BCUT2D eigenvalue weighted by Crippen LogP contribution is 2.06. The summed E-state index contributed by atoms with van der Waals surface area (Å²) in [4.78, 5) is 16.2. The molecule has 2 aromatic carbocycles. The van der Waals surface area contributed by atoms with E-state index in [0.717, 1.165) is 18.1 Å². The number of aryl methyl sites for hydroxylation is 1. The minimum Gasteiger partial charge on any atom is -0.357 e. The minimum atomic E-state index is -0.0763. The number of carbonyl (C=O) groups excluding carboxylic acids is 1. The zero-order valence-corrected chi connectivity index (χ0v) is 17.8. The van der Waals surface area contributed by atoms with Crippen LogP contribution in [0.4, 0.5) is 0 Å². The van der Waals surface area contributed by atoms with Crippen molar-refractivity contribution in [2.75, 3.05) is 13.6 Å². The molecule has 2 rings (SSSR count). The molecule has 0 atom stereocenters. The van der Waals surface area contributed by atoms with E-state index in [1.54, 1.807) is 7.05 Å². The molecule has 5 nitrogen and oxygen atoms in total. The molecule has 0 saturated heterocycles. The fourth-order valence-electron chi connectivity index (χ4n) is 2.43. The van der Waals surface area contributed by atoms with E-state index in [0.29, 0.717) is 18.7 Å². The Hall–Kier alpha value is -2.09. The fourth-order valence-corrected chi connectivity index (χ4v) is 2.43. The number of nitrogens with zero attached hydrogens (tertiary/aromatic N) is 1. The smallest absolute Gasteiger partial charge is 0.251 e. The Morgan fingerprint density at radius 2 is 1.77 bits per heavy atom. The lowest BCUT2D eigenvalue weighted by Crippen LogP contribution is -2.36. The van der Waals surface area contributed by atoms with Crippen molar-refractivity contribution in [1.29, 1.82) is 0 Å². The standard InChI is InChI=1S/C20H26N4O.HI/c1-4-22-20(24-14-17-7-5-6-15(2)12-17)23-13-16-8-10-18(11-9-16)19(25)21-3;/h5-12H,4,13-14H2,1-3H3,(H,21,25)(H2,22,23,24);1H. The maximum Gasteiger partial charge on any atom is 0.251 e. The Kier molecular flexibility index (Phi) is 9.72. The lowest BCUT2D eigenvalue weighted by molar-refractivity contribution is 0.0963. The molecule has 0 aliphatic heterocycles. The molecule has 1 amide bonds. The van der Waals surface area contributed by atoms with Crippen LogP contribution in [0.3, 0.4) is 0 Å². The minimum absolute atomic E-state index is 0. The number of guanidine groups is 1. The van der Waals surface area contributed by atoms with Crippen LogP contribution in [0.5, 0.6) is 0 Å². The first-order valence-electron chi connectivity index (χ1n) is 8.51. The van der Waals surface area contributed by atoms with Crippen LogP contribution in [0.1, 0.15) is 34.0 Å². The number of benzene rings is 2. The third kappa shape index (κ3) is 7.03. The molecule has 0 aliphatic rings. The largest absolute Gasteiger partial charge is 0.357 e. The summed E-state index contributed by atoms with van der Waals surface area (Å²) < 4.78 is 0. The van der Waals surface area contributed by atoms with Gasteiger partial charge < -0.3 is 16.0 Å². The van der Waals surface area contributed by atoms with E-state index >= 15 is 0 Å². The predicted molar refractivity (Wildman–Crippen MR) is 118 cm³/mol. The van der Waals surface area contributed by atoms with Gasteiger partial charge in [0.2, 0.25) is 0 Å². The molecule has 0 saturated carbocycles. The average Bonchev–Trinajstić information content (AvgIpc) is 2.64. The number of hydrogen-bond acceptors (Lipinski definition) is 2. The quantitative estimate of drug-likeness (QED) is 0.348. The van der Waals surface area contributed by atoms with Crippen molar-refractivity contribution < 1.29 is 4.79 Å². The van der Waals surface area contributed by atoms with E-state index in [9.17, 15) is 4.79 Å². The topological polar surface area (TPSA) is 65.5 Å². The number of hydrogen-bond donors (Lipinski definition) is 3. The monoisotopic (exact) mass is 466 g/mol. The summed E-state index contributed by atoms with van der Waals surface area (Å²) in [5.74, 6) is 0.701. The molecule has 0 unspecified atom stereocenters. The highest BCUT2D eigenvalue weighted by atomic mass is 127. The molecule has 0 radical (unpaired) electrons. The van der Waals surface area contributed by atoms with Crippen LogP contribution in [0.2, 0.25) is 0 Å². The number of amides is 1. The van der Waals surface area contributed by atoms with E-state index in [2.05, 4.69) is 52.1 Å². The van der Waals surface area contributed by atoms with E-state index in [1.165, 1.54) is 11.1 Å². The Balaban J connectivity index is 0.00000338. The number of halogens is 1. The molecular weight excluding hydrogens is 439 g/mol. The van der Waals surface area contributed by atoms with Crippen molar-refractivity contribution >= 4 is 35.8 Å². The van der Waals surface area contributed by atoms with Crippen molar-refractivity contribution in [1.82, 2.24) is 16.0 Å². The van der Waals surface area contributed by atoms with E-state index in [1.807, 2.05) is 31.2 Å². The number of carbonyl (C=O) groups is 1. The molecule has 0 aliphatic carbocycles. The first-order chi connectivity index (χ1) is 12.1. The van der Waals surface area contributed by atoms with E-state index in [-0.39, 0.29) is 29.9 Å². The highest BCUT2D eigenvalue weighted by Gasteiger charge is 2.03. The van der Waals surface area contributed by atoms with E-state index in [4.69, 9.17) is 0 Å². The van der Waals surface area contributed by atoms with Gasteiger partial charge in [0.25, 0.3) is 5.91 Å². The first-order valence-corrected chi connectivity index (χ1v) is 8.51. The van der Waals surface area contributed by atoms with Crippen molar-refractivity contribution in [3.8, 4) is 0 Å². The Morgan fingerprint density at radius 3 is 2.38 bits per heavy atom. The lowest BCUT2D eigenvalue weighted by Gasteiger charge is -2.12. The average molecular weight is 466 g/mol. The third-order valence-corrected chi connectivity index (χ3v) is 3.75. The summed E-state index contributed by atoms with van der Waals surface area (Å²) in [5, 5.41) is 9.19. The van der Waals surface area contributed by atoms with Gasteiger partial charge in [-0.1, -0.05) is 42.0 Å². The lowest BCUT2D eigenvalue weighted by atomic mass is 10.1. The van der Waals surface area contributed by atoms with Gasteiger partial charge >= 0.3 is 0 Å². The van der Waals surface area contributed by atoms with Crippen LogP contribution < -0.4 is 16.0 Å². The molecule has 0 bridgehead atoms. The summed E-state index contributed by atoms with van der Waals surface area (Å²) in [6.45, 7) is 6.21. The van der Waals surface area contributed by atoms with Gasteiger partial charge in [-0.3, -0.25) is 4.79 Å². The maximum absolute atomic E-state index is 11.6. The molecule has 0 aromatic heterocycles. The SMILES string of the molecule is CCNC(=NCc1cccc(C)c1)NCc1ccc(C(=O)NC)cc1.I. The van der Waals surface area contributed by atoms with Crippen LogP contribution in [0.25, 0.3) is 0 Å². The van der Waals surface area contributed by atoms with Crippen LogP contribution in [-0.2, 0) is 13.1 Å². The molecule has 3 N–H and O–H groups in total. The van der Waals surface area contributed by atoms with Crippen molar-refractivity contribution in [3.63, 3.8) is 0 Å². The second-order valence-corrected chi connectivity index (χ2v) is 5.81. The van der Waals surface area contributed by atoms with Gasteiger partial charge in [-0.2, -0.15) is 0 Å². The molecule has 0 fully saturated rings. The second-order valence-electron chi connectivity index (χ2n) is 5.81. The Bertz CT molecular complexity index is 729. The summed E-state index contributed by atoms with van der Waals surface area (Å²) >= 11 is 0. The molecule has 0 spiro atoms. The normalized spacial score (nSPS) is 10.7. The van der Waals surface area contributed by atoms with Gasteiger partial charge in [-0.05, 0) is 37.1 Å². The molecule has 140 valence electrons. The second kappa shape index (κ2) is 11.5. The van der Waals surface area contributed by atoms with Gasteiger partial charge in [-0.25, -0.2) is 4.99 Å². The first kappa shape index (κ1) is 22.0. The van der Waals surface area contributed by atoms with Crippen molar-refractivity contribution in [3.05, 3.63) is 70.8 Å². The van der Waals surface area contributed by atoms with Crippen LogP contribution in [0, 0.1) is 6.92 Å². The van der Waals surface area contributed by atoms with Gasteiger partial charge in [-0.15, -0.1) is 24.0 Å². The van der Waals surface area contributed by atoms with Crippen molar-refractivity contribution in [2.24, 2.45) is 4.99 Å². The van der Waals surface area contributed by atoms with Gasteiger partial charge in [0.15, 0.2) is 5.96 Å². The third-order valence-electron chi connectivity index (χ3n) is 3.75. The molecule has 0 heterocycles.